The smallest absolute Gasteiger partial charge is 0.331 e. The molecule has 1 fully saturated rings. The van der Waals surface area contributed by atoms with Crippen molar-refractivity contribution in [2.24, 2.45) is 0 Å². The minimum Gasteiger partial charge on any atom is -0.394 e. The standard InChI is InChI=1S/C10H11N3O6/c11-2-4-1-6(15)12-10(18)13(4)9-8(17)7(16)5(3-14)19-9/h1,5,7-9,14,16-17H,3H2,(H,12,15,18)/t5-,7?,8?,9-/m1/s1. The van der Waals surface area contributed by atoms with E-state index in [0.29, 0.717) is 0 Å². The fourth-order valence-corrected chi connectivity index (χ4v) is 1.94. The lowest BCUT2D eigenvalue weighted by Crippen LogP contribution is -2.39. The number of nitriles is 1. The molecule has 9 nitrogen and oxygen atoms in total. The van der Waals surface area contributed by atoms with Gasteiger partial charge in [-0.3, -0.25) is 14.3 Å². The average molecular weight is 269 g/mol. The first-order valence-electron chi connectivity index (χ1n) is 5.38. The second-order valence-corrected chi connectivity index (χ2v) is 4.03. The van der Waals surface area contributed by atoms with Crippen molar-refractivity contribution in [2.75, 3.05) is 6.61 Å². The number of aliphatic hydroxyl groups is 3. The van der Waals surface area contributed by atoms with Gasteiger partial charge in [-0.2, -0.15) is 5.26 Å². The van der Waals surface area contributed by atoms with Crippen molar-refractivity contribution in [3.05, 3.63) is 32.6 Å². The molecule has 0 aliphatic carbocycles. The van der Waals surface area contributed by atoms with Crippen molar-refractivity contribution in [1.82, 2.24) is 9.55 Å². The van der Waals surface area contributed by atoms with Crippen molar-refractivity contribution in [1.29, 1.82) is 5.26 Å². The molecular weight excluding hydrogens is 258 g/mol. The number of nitrogens with zero attached hydrogens (tertiary/aromatic N) is 2. The van der Waals surface area contributed by atoms with E-state index in [4.69, 9.17) is 15.1 Å². The monoisotopic (exact) mass is 269 g/mol. The van der Waals surface area contributed by atoms with Crippen molar-refractivity contribution in [3.63, 3.8) is 0 Å². The van der Waals surface area contributed by atoms with Gasteiger partial charge < -0.3 is 20.1 Å². The summed E-state index contributed by atoms with van der Waals surface area (Å²) in [6.45, 7) is -0.561. The molecule has 1 aliphatic rings. The van der Waals surface area contributed by atoms with Crippen molar-refractivity contribution < 1.29 is 20.1 Å². The third-order valence-electron chi connectivity index (χ3n) is 2.86. The number of H-pyrrole nitrogens is 1. The fraction of sp³-hybridized carbons (Fsp3) is 0.500. The summed E-state index contributed by atoms with van der Waals surface area (Å²) in [5, 5.41) is 37.2. The average Bonchev–Trinajstić information content (AvgIpc) is 2.65. The van der Waals surface area contributed by atoms with Gasteiger partial charge in [0, 0.05) is 6.07 Å². The summed E-state index contributed by atoms with van der Waals surface area (Å²) < 4.78 is 5.85. The molecule has 0 spiro atoms. The van der Waals surface area contributed by atoms with Crippen LogP contribution in [0.5, 0.6) is 0 Å². The molecule has 0 aromatic carbocycles. The maximum absolute atomic E-state index is 11.7. The Morgan fingerprint density at radius 3 is 2.63 bits per heavy atom. The Morgan fingerprint density at radius 2 is 2.11 bits per heavy atom. The number of ether oxygens (including phenoxy) is 1. The molecule has 1 aliphatic heterocycles. The third-order valence-corrected chi connectivity index (χ3v) is 2.86. The third kappa shape index (κ3) is 2.18. The van der Waals surface area contributed by atoms with E-state index in [2.05, 4.69) is 0 Å². The lowest BCUT2D eigenvalue weighted by Gasteiger charge is -2.18. The van der Waals surface area contributed by atoms with E-state index >= 15 is 0 Å². The predicted molar refractivity (Wildman–Crippen MR) is 59.0 cm³/mol. The Morgan fingerprint density at radius 1 is 1.42 bits per heavy atom. The molecule has 4 atom stereocenters. The fourth-order valence-electron chi connectivity index (χ4n) is 1.94. The van der Waals surface area contributed by atoms with Gasteiger partial charge >= 0.3 is 5.69 Å². The van der Waals surface area contributed by atoms with Crippen LogP contribution in [0.1, 0.15) is 11.9 Å². The van der Waals surface area contributed by atoms with Gasteiger partial charge in [0.25, 0.3) is 5.56 Å². The van der Waals surface area contributed by atoms with E-state index < -0.39 is 42.4 Å². The Hall–Kier alpha value is -1.99. The molecule has 1 saturated heterocycles. The number of nitrogens with one attached hydrogen (secondary N) is 1. The maximum Gasteiger partial charge on any atom is 0.331 e. The van der Waals surface area contributed by atoms with Crippen LogP contribution < -0.4 is 11.2 Å². The highest BCUT2D eigenvalue weighted by atomic mass is 16.6. The van der Waals surface area contributed by atoms with Gasteiger partial charge in [0.1, 0.15) is 30.1 Å². The number of aromatic amines is 1. The van der Waals surface area contributed by atoms with Crippen LogP contribution in [0.25, 0.3) is 0 Å². The molecule has 4 N–H and O–H groups in total. The molecule has 0 radical (unpaired) electrons. The number of hydrogen-bond acceptors (Lipinski definition) is 7. The van der Waals surface area contributed by atoms with Gasteiger partial charge in [-0.05, 0) is 0 Å². The highest BCUT2D eigenvalue weighted by Crippen LogP contribution is 2.28. The summed E-state index contributed by atoms with van der Waals surface area (Å²) in [5.41, 5.74) is -2.02. The zero-order valence-electron chi connectivity index (χ0n) is 9.55. The van der Waals surface area contributed by atoms with E-state index in [1.54, 1.807) is 6.07 Å². The predicted octanol–water partition coefficient (Wildman–Crippen LogP) is -2.98. The van der Waals surface area contributed by atoms with Crippen LogP contribution in [-0.2, 0) is 4.74 Å². The van der Waals surface area contributed by atoms with Crippen molar-refractivity contribution >= 4 is 0 Å². The van der Waals surface area contributed by atoms with E-state index in [1.807, 2.05) is 4.98 Å². The molecule has 2 heterocycles. The van der Waals surface area contributed by atoms with E-state index in [9.17, 15) is 19.8 Å². The summed E-state index contributed by atoms with van der Waals surface area (Å²) >= 11 is 0. The summed E-state index contributed by atoms with van der Waals surface area (Å²) in [7, 11) is 0. The Bertz CT molecular complexity index is 629. The van der Waals surface area contributed by atoms with E-state index in [-0.39, 0.29) is 5.69 Å². The molecule has 1 aromatic rings. The lowest BCUT2D eigenvalue weighted by atomic mass is 10.1. The van der Waals surface area contributed by atoms with Crippen LogP contribution in [0.2, 0.25) is 0 Å². The molecule has 0 bridgehead atoms. The van der Waals surface area contributed by atoms with E-state index in [0.717, 1.165) is 10.6 Å². The normalized spacial score (nSPS) is 30.2. The first-order valence-corrected chi connectivity index (χ1v) is 5.38. The summed E-state index contributed by atoms with van der Waals surface area (Å²) in [6.07, 6.45) is -5.34. The van der Waals surface area contributed by atoms with Crippen molar-refractivity contribution in [3.8, 4) is 6.07 Å². The van der Waals surface area contributed by atoms with Crippen LogP contribution in [0.15, 0.2) is 15.7 Å². The van der Waals surface area contributed by atoms with Crippen LogP contribution in [0.3, 0.4) is 0 Å². The Labute approximate surface area is 105 Å². The number of hydrogen-bond donors (Lipinski definition) is 4. The molecule has 2 rings (SSSR count). The SMILES string of the molecule is N#Cc1cc(=O)[nH]c(=O)n1[C@@H]1O[C@H](CO)C(O)C1O. The van der Waals surface area contributed by atoms with Crippen LogP contribution in [0, 0.1) is 11.3 Å². The molecular formula is C10H11N3O6. The number of aliphatic hydroxyl groups excluding tert-OH is 3. The molecule has 19 heavy (non-hydrogen) atoms. The first-order chi connectivity index (χ1) is 8.99. The van der Waals surface area contributed by atoms with Gasteiger partial charge in [-0.1, -0.05) is 0 Å². The quantitative estimate of drug-likeness (QED) is 0.447. The molecule has 0 saturated carbocycles. The molecule has 9 heteroatoms. The highest BCUT2D eigenvalue weighted by molar-refractivity contribution is 5.19. The van der Waals surface area contributed by atoms with Crippen LogP contribution >= 0.6 is 0 Å². The maximum atomic E-state index is 11.7. The minimum absolute atomic E-state index is 0.316. The van der Waals surface area contributed by atoms with Gasteiger partial charge in [-0.15, -0.1) is 0 Å². The van der Waals surface area contributed by atoms with Gasteiger partial charge in [-0.25, -0.2) is 4.79 Å². The summed E-state index contributed by atoms with van der Waals surface area (Å²) in [6, 6.07) is 2.50. The zero-order valence-corrected chi connectivity index (χ0v) is 9.55. The summed E-state index contributed by atoms with van der Waals surface area (Å²) in [4.78, 5) is 24.7. The lowest BCUT2D eigenvalue weighted by molar-refractivity contribution is -0.0554. The van der Waals surface area contributed by atoms with Gasteiger partial charge in [0.05, 0.1) is 6.61 Å². The first kappa shape index (κ1) is 13.4. The second kappa shape index (κ2) is 4.94. The van der Waals surface area contributed by atoms with Gasteiger partial charge in [0.15, 0.2) is 6.23 Å². The molecule has 1 aromatic heterocycles. The van der Waals surface area contributed by atoms with Crippen LogP contribution in [-0.4, -0.2) is 49.8 Å². The molecule has 102 valence electrons. The summed E-state index contributed by atoms with van der Waals surface area (Å²) in [5.74, 6) is 0. The Balaban J connectivity index is 2.52. The molecule has 0 amide bonds. The zero-order chi connectivity index (χ0) is 14.2. The molecule has 2 unspecified atom stereocenters. The van der Waals surface area contributed by atoms with Crippen LogP contribution in [0.4, 0.5) is 0 Å². The minimum atomic E-state index is -1.51. The van der Waals surface area contributed by atoms with Crippen molar-refractivity contribution in [2.45, 2.75) is 24.5 Å². The number of aromatic nitrogens is 2. The Kier molecular flexibility index (Phi) is 3.50. The van der Waals surface area contributed by atoms with E-state index in [1.165, 1.54) is 0 Å². The largest absolute Gasteiger partial charge is 0.394 e. The highest BCUT2D eigenvalue weighted by Gasteiger charge is 2.44. The van der Waals surface area contributed by atoms with Gasteiger partial charge in [0.2, 0.25) is 0 Å². The number of rotatable bonds is 2. The second-order valence-electron chi connectivity index (χ2n) is 4.03. The topological polar surface area (TPSA) is 149 Å².